The van der Waals surface area contributed by atoms with Crippen LogP contribution in [0.4, 0.5) is 13.6 Å². The van der Waals surface area contributed by atoms with Crippen LogP contribution in [0.5, 0.6) is 0 Å². The molecule has 2 aromatic rings. The third kappa shape index (κ3) is 4.34. The van der Waals surface area contributed by atoms with Crippen LogP contribution in [0.1, 0.15) is 42.9 Å². The Bertz CT molecular complexity index is 955. The van der Waals surface area contributed by atoms with Gasteiger partial charge in [-0.05, 0) is 32.9 Å². The molecule has 1 atom stereocenters. The normalized spacial score (nSPS) is 16.7. The van der Waals surface area contributed by atoms with Crippen molar-refractivity contribution < 1.29 is 23.1 Å². The highest BCUT2D eigenvalue weighted by Crippen LogP contribution is 2.34. The van der Waals surface area contributed by atoms with Crippen LogP contribution in [-0.2, 0) is 11.3 Å². The third-order valence-electron chi connectivity index (χ3n) is 4.36. The average Bonchev–Trinajstić information content (AvgIpc) is 2.98. The molecule has 1 aliphatic heterocycles. The molecule has 0 spiro atoms. The Kier molecular flexibility index (Phi) is 5.53. The van der Waals surface area contributed by atoms with Gasteiger partial charge in [-0.2, -0.15) is 5.10 Å². The van der Waals surface area contributed by atoms with Crippen molar-refractivity contribution in [3.8, 4) is 11.3 Å². The van der Waals surface area contributed by atoms with E-state index in [1.54, 1.807) is 45.0 Å². The number of carbonyl (C=O) groups is 2. The van der Waals surface area contributed by atoms with Crippen molar-refractivity contribution in [3.05, 3.63) is 40.5 Å². The highest BCUT2D eigenvalue weighted by atomic mass is 35.5. The molecule has 1 unspecified atom stereocenters. The fraction of sp³-hybridized carbons (Fsp3) is 0.421. The van der Waals surface area contributed by atoms with E-state index in [9.17, 15) is 18.4 Å². The molecule has 2 heterocycles. The van der Waals surface area contributed by atoms with Crippen molar-refractivity contribution in [2.75, 3.05) is 6.54 Å². The number of ether oxygens (including phenoxy) is 1. The SMILES string of the molecule is CC(C)(C)OC(=O)N1Cc2c(C(N)=O)c(-c3cccc(Cl)c3)nn2C(C(F)F)C1. The van der Waals surface area contributed by atoms with Crippen LogP contribution in [0.3, 0.4) is 0 Å². The third-order valence-corrected chi connectivity index (χ3v) is 4.59. The number of nitrogens with zero attached hydrogens (tertiary/aromatic N) is 3. The molecule has 0 bridgehead atoms. The Balaban J connectivity index is 2.11. The molecule has 29 heavy (non-hydrogen) atoms. The fourth-order valence-corrected chi connectivity index (χ4v) is 3.38. The van der Waals surface area contributed by atoms with Gasteiger partial charge in [0.15, 0.2) is 0 Å². The van der Waals surface area contributed by atoms with Crippen molar-refractivity contribution in [3.63, 3.8) is 0 Å². The van der Waals surface area contributed by atoms with Crippen molar-refractivity contribution in [2.24, 2.45) is 5.73 Å². The minimum atomic E-state index is -2.83. The van der Waals surface area contributed by atoms with E-state index in [1.165, 1.54) is 0 Å². The number of nitrogens with two attached hydrogens (primary N) is 1. The van der Waals surface area contributed by atoms with Gasteiger partial charge in [-0.3, -0.25) is 14.4 Å². The minimum Gasteiger partial charge on any atom is -0.444 e. The molecular weight excluding hydrogens is 406 g/mol. The average molecular weight is 427 g/mol. The van der Waals surface area contributed by atoms with Crippen molar-refractivity contribution >= 4 is 23.6 Å². The number of hydrogen-bond donors (Lipinski definition) is 1. The number of aromatic nitrogens is 2. The van der Waals surface area contributed by atoms with E-state index >= 15 is 0 Å². The number of alkyl halides is 2. The molecule has 0 radical (unpaired) electrons. The predicted octanol–water partition coefficient (Wildman–Crippen LogP) is 3.86. The molecule has 0 saturated carbocycles. The molecule has 0 saturated heterocycles. The van der Waals surface area contributed by atoms with Crippen LogP contribution in [0.25, 0.3) is 11.3 Å². The highest BCUT2D eigenvalue weighted by Gasteiger charge is 2.39. The smallest absolute Gasteiger partial charge is 0.410 e. The minimum absolute atomic E-state index is 0.0221. The zero-order valence-corrected chi connectivity index (χ0v) is 16.9. The Hall–Kier alpha value is -2.68. The number of halogens is 3. The fourth-order valence-electron chi connectivity index (χ4n) is 3.19. The lowest BCUT2D eigenvalue weighted by Gasteiger charge is -2.34. The van der Waals surface area contributed by atoms with E-state index < -0.39 is 30.1 Å². The molecule has 1 aromatic carbocycles. The molecule has 2 amide bonds. The van der Waals surface area contributed by atoms with Crippen LogP contribution >= 0.6 is 11.6 Å². The van der Waals surface area contributed by atoms with Gasteiger partial charge in [0.1, 0.15) is 17.3 Å². The number of hydrogen-bond acceptors (Lipinski definition) is 4. The number of carbonyl (C=O) groups excluding carboxylic acids is 2. The van der Waals surface area contributed by atoms with Crippen molar-refractivity contribution in [1.29, 1.82) is 0 Å². The second-order valence-corrected chi connectivity index (χ2v) is 8.19. The number of primary amides is 1. The molecule has 2 N–H and O–H groups in total. The summed E-state index contributed by atoms with van der Waals surface area (Å²) in [5, 5.41) is 4.65. The number of fused-ring (bicyclic) bond motifs is 1. The zero-order chi connectivity index (χ0) is 21.5. The molecule has 0 aliphatic carbocycles. The first-order valence-corrected chi connectivity index (χ1v) is 9.29. The Morgan fingerprint density at radius 1 is 1.34 bits per heavy atom. The predicted molar refractivity (Wildman–Crippen MR) is 103 cm³/mol. The van der Waals surface area contributed by atoms with Gasteiger partial charge in [-0.1, -0.05) is 23.7 Å². The summed E-state index contributed by atoms with van der Waals surface area (Å²) in [5.41, 5.74) is 5.48. The Morgan fingerprint density at radius 3 is 2.59 bits per heavy atom. The summed E-state index contributed by atoms with van der Waals surface area (Å²) in [6.45, 7) is 4.58. The first-order valence-electron chi connectivity index (χ1n) is 8.91. The van der Waals surface area contributed by atoms with Gasteiger partial charge < -0.3 is 10.5 Å². The van der Waals surface area contributed by atoms with Crippen LogP contribution in [0, 0.1) is 0 Å². The molecule has 1 aliphatic rings. The second kappa shape index (κ2) is 7.62. The quantitative estimate of drug-likeness (QED) is 0.806. The van der Waals surface area contributed by atoms with Crippen molar-refractivity contribution in [2.45, 2.75) is 45.4 Å². The Labute approximate surface area is 171 Å². The maximum Gasteiger partial charge on any atom is 0.410 e. The van der Waals surface area contributed by atoms with Crippen molar-refractivity contribution in [1.82, 2.24) is 14.7 Å². The lowest BCUT2D eigenvalue weighted by molar-refractivity contribution is -0.00243. The molecule has 7 nitrogen and oxygen atoms in total. The molecule has 0 fully saturated rings. The maximum absolute atomic E-state index is 13.8. The lowest BCUT2D eigenvalue weighted by atomic mass is 10.0. The number of benzene rings is 1. The lowest BCUT2D eigenvalue weighted by Crippen LogP contribution is -2.46. The maximum atomic E-state index is 13.8. The monoisotopic (exact) mass is 426 g/mol. The molecule has 3 rings (SSSR count). The van der Waals surface area contributed by atoms with Gasteiger partial charge in [0.2, 0.25) is 0 Å². The summed E-state index contributed by atoms with van der Waals surface area (Å²) >= 11 is 6.02. The van der Waals surface area contributed by atoms with Gasteiger partial charge in [-0.25, -0.2) is 13.6 Å². The summed E-state index contributed by atoms with van der Waals surface area (Å²) in [7, 11) is 0. The van der Waals surface area contributed by atoms with Crippen LogP contribution in [0.2, 0.25) is 5.02 Å². The Morgan fingerprint density at radius 2 is 2.03 bits per heavy atom. The topological polar surface area (TPSA) is 90.4 Å². The van der Waals surface area contributed by atoms with E-state index in [4.69, 9.17) is 22.1 Å². The molecular formula is C19H21ClF2N4O3. The highest BCUT2D eigenvalue weighted by molar-refractivity contribution is 6.30. The van der Waals surface area contributed by atoms with E-state index in [-0.39, 0.29) is 30.0 Å². The molecule has 10 heteroatoms. The summed E-state index contributed by atoms with van der Waals surface area (Å²) in [4.78, 5) is 25.8. The van der Waals surface area contributed by atoms with Gasteiger partial charge >= 0.3 is 6.09 Å². The van der Waals surface area contributed by atoms with Crippen LogP contribution < -0.4 is 5.73 Å². The first kappa shape index (κ1) is 21.0. The largest absolute Gasteiger partial charge is 0.444 e. The van der Waals surface area contributed by atoms with Crippen LogP contribution in [-0.4, -0.2) is 45.3 Å². The molecule has 1 aromatic heterocycles. The van der Waals surface area contributed by atoms with E-state index in [1.807, 2.05) is 0 Å². The van der Waals surface area contributed by atoms with Gasteiger partial charge in [0.05, 0.1) is 24.3 Å². The number of amides is 2. The summed E-state index contributed by atoms with van der Waals surface area (Å²) in [6.07, 6.45) is -3.58. The zero-order valence-electron chi connectivity index (χ0n) is 16.2. The summed E-state index contributed by atoms with van der Waals surface area (Å²) < 4.78 is 34.0. The molecule has 156 valence electrons. The van der Waals surface area contributed by atoms with E-state index in [0.29, 0.717) is 10.6 Å². The summed E-state index contributed by atoms with van der Waals surface area (Å²) in [6, 6.07) is 5.05. The van der Waals surface area contributed by atoms with Gasteiger partial charge in [0.25, 0.3) is 12.3 Å². The standard InChI is InChI=1S/C19H21ClF2N4O3/c1-19(2,3)29-18(28)25-8-12-14(17(23)27)15(10-5-4-6-11(20)7-10)24-26(12)13(9-25)16(21)22/h4-7,13,16H,8-9H2,1-3H3,(H2,23,27). The van der Waals surface area contributed by atoms with Gasteiger partial charge in [-0.15, -0.1) is 0 Å². The van der Waals surface area contributed by atoms with Gasteiger partial charge in [0, 0.05) is 10.6 Å². The first-order chi connectivity index (χ1) is 13.5. The second-order valence-electron chi connectivity index (χ2n) is 7.75. The number of rotatable bonds is 3. The van der Waals surface area contributed by atoms with E-state index in [0.717, 1.165) is 9.58 Å². The van der Waals surface area contributed by atoms with E-state index in [2.05, 4.69) is 5.10 Å². The summed E-state index contributed by atoms with van der Waals surface area (Å²) in [5.74, 6) is -0.833. The van der Waals surface area contributed by atoms with Crippen LogP contribution in [0.15, 0.2) is 24.3 Å².